The summed E-state index contributed by atoms with van der Waals surface area (Å²) in [6.07, 6.45) is 5.45. The van der Waals surface area contributed by atoms with Crippen molar-refractivity contribution in [1.29, 1.82) is 0 Å². The van der Waals surface area contributed by atoms with Gasteiger partial charge in [-0.15, -0.1) is 0 Å². The fraction of sp³-hybridized carbons (Fsp3) is 1.00. The summed E-state index contributed by atoms with van der Waals surface area (Å²) >= 11 is 0. The molecule has 2 unspecified atom stereocenters. The predicted octanol–water partition coefficient (Wildman–Crippen LogP) is 1.46. The molecule has 2 aliphatic carbocycles. The summed E-state index contributed by atoms with van der Waals surface area (Å²) in [4.78, 5) is 2.53. The molecule has 0 heterocycles. The van der Waals surface area contributed by atoms with E-state index in [0.717, 1.165) is 18.4 Å². The van der Waals surface area contributed by atoms with Crippen LogP contribution in [0.5, 0.6) is 0 Å². The second kappa shape index (κ2) is 3.25. The SMILES string of the molecule is CC1CC1CN(C)C1(CN)CCC1. The van der Waals surface area contributed by atoms with Crippen LogP contribution in [0.1, 0.15) is 32.6 Å². The summed E-state index contributed by atoms with van der Waals surface area (Å²) < 4.78 is 0. The third-order valence-corrected chi connectivity index (χ3v) is 4.26. The van der Waals surface area contributed by atoms with E-state index in [1.54, 1.807) is 0 Å². The van der Waals surface area contributed by atoms with Crippen molar-refractivity contribution in [3.8, 4) is 0 Å². The van der Waals surface area contributed by atoms with Crippen molar-refractivity contribution in [1.82, 2.24) is 4.90 Å². The number of hydrogen-bond donors (Lipinski definition) is 1. The van der Waals surface area contributed by atoms with Crippen molar-refractivity contribution in [3.63, 3.8) is 0 Å². The minimum Gasteiger partial charge on any atom is -0.329 e. The fourth-order valence-corrected chi connectivity index (χ4v) is 2.53. The minimum atomic E-state index is 0.391. The number of nitrogens with two attached hydrogens (primary N) is 1. The van der Waals surface area contributed by atoms with Gasteiger partial charge < -0.3 is 5.73 Å². The van der Waals surface area contributed by atoms with Crippen LogP contribution >= 0.6 is 0 Å². The molecule has 2 nitrogen and oxygen atoms in total. The van der Waals surface area contributed by atoms with Crippen LogP contribution in [-0.2, 0) is 0 Å². The molecule has 0 aromatic heterocycles. The van der Waals surface area contributed by atoms with Gasteiger partial charge in [0.2, 0.25) is 0 Å². The maximum Gasteiger partial charge on any atom is 0.0328 e. The van der Waals surface area contributed by atoms with Crippen LogP contribution in [0.3, 0.4) is 0 Å². The Morgan fingerprint density at radius 3 is 2.38 bits per heavy atom. The second-order valence-electron chi connectivity index (χ2n) is 5.14. The molecule has 0 saturated heterocycles. The number of likely N-dealkylation sites (N-methyl/N-ethyl adjacent to an activating group) is 1. The number of nitrogens with zero attached hydrogens (tertiary/aromatic N) is 1. The monoisotopic (exact) mass is 182 g/mol. The first-order valence-corrected chi connectivity index (χ1v) is 5.59. The number of rotatable bonds is 4. The maximum absolute atomic E-state index is 5.86. The quantitative estimate of drug-likeness (QED) is 0.713. The zero-order valence-corrected chi connectivity index (χ0v) is 8.92. The van der Waals surface area contributed by atoms with E-state index < -0.39 is 0 Å². The molecule has 0 radical (unpaired) electrons. The second-order valence-corrected chi connectivity index (χ2v) is 5.14. The average Bonchev–Trinajstić information content (AvgIpc) is 2.65. The minimum absolute atomic E-state index is 0.391. The lowest BCUT2D eigenvalue weighted by Crippen LogP contribution is -2.57. The van der Waals surface area contributed by atoms with Gasteiger partial charge in [0.25, 0.3) is 0 Å². The predicted molar refractivity (Wildman–Crippen MR) is 55.5 cm³/mol. The van der Waals surface area contributed by atoms with Gasteiger partial charge in [0.1, 0.15) is 0 Å². The van der Waals surface area contributed by atoms with Gasteiger partial charge >= 0.3 is 0 Å². The van der Waals surface area contributed by atoms with Crippen LogP contribution in [0.15, 0.2) is 0 Å². The fourth-order valence-electron chi connectivity index (χ4n) is 2.53. The van der Waals surface area contributed by atoms with Crippen LogP contribution < -0.4 is 5.73 Å². The molecule has 0 aliphatic heterocycles. The highest BCUT2D eigenvalue weighted by Gasteiger charge is 2.42. The van der Waals surface area contributed by atoms with E-state index in [9.17, 15) is 0 Å². The molecule has 2 N–H and O–H groups in total. The maximum atomic E-state index is 5.86. The summed E-state index contributed by atoms with van der Waals surface area (Å²) in [6, 6.07) is 0. The Balaban J connectivity index is 1.84. The third kappa shape index (κ3) is 1.62. The Labute approximate surface area is 81.5 Å². The summed E-state index contributed by atoms with van der Waals surface area (Å²) in [7, 11) is 2.26. The molecule has 76 valence electrons. The molecule has 0 spiro atoms. The molecule has 0 aromatic rings. The van der Waals surface area contributed by atoms with Crippen LogP contribution in [0, 0.1) is 11.8 Å². The normalized spacial score (nSPS) is 36.0. The lowest BCUT2D eigenvalue weighted by molar-refractivity contribution is 0.0416. The Morgan fingerprint density at radius 1 is 1.46 bits per heavy atom. The Morgan fingerprint density at radius 2 is 2.08 bits per heavy atom. The van der Waals surface area contributed by atoms with E-state index in [4.69, 9.17) is 5.73 Å². The van der Waals surface area contributed by atoms with E-state index in [2.05, 4.69) is 18.9 Å². The van der Waals surface area contributed by atoms with E-state index in [-0.39, 0.29) is 0 Å². The third-order valence-electron chi connectivity index (χ3n) is 4.26. The standard InChI is InChI=1S/C11H22N2/c1-9-6-10(9)7-13(2)11(8-12)4-3-5-11/h9-10H,3-8,12H2,1-2H3. The highest BCUT2D eigenvalue weighted by molar-refractivity contribution is 4.99. The van der Waals surface area contributed by atoms with E-state index >= 15 is 0 Å². The lowest BCUT2D eigenvalue weighted by atomic mass is 9.75. The summed E-state index contributed by atoms with van der Waals surface area (Å²) in [6.45, 7) is 4.48. The van der Waals surface area contributed by atoms with Gasteiger partial charge in [0.15, 0.2) is 0 Å². The van der Waals surface area contributed by atoms with Crippen molar-refractivity contribution >= 4 is 0 Å². The molecule has 0 amide bonds. The van der Waals surface area contributed by atoms with Crippen LogP contribution in [0.25, 0.3) is 0 Å². The first kappa shape index (κ1) is 9.47. The molecule has 0 bridgehead atoms. The van der Waals surface area contributed by atoms with Crippen molar-refractivity contribution in [2.24, 2.45) is 17.6 Å². The summed E-state index contributed by atoms with van der Waals surface area (Å²) in [5.74, 6) is 1.94. The summed E-state index contributed by atoms with van der Waals surface area (Å²) in [5.41, 5.74) is 6.25. The molecular formula is C11H22N2. The van der Waals surface area contributed by atoms with Crippen molar-refractivity contribution in [2.45, 2.75) is 38.1 Å². The van der Waals surface area contributed by atoms with Gasteiger partial charge in [-0.1, -0.05) is 6.92 Å². The molecule has 2 atom stereocenters. The molecular weight excluding hydrogens is 160 g/mol. The van der Waals surface area contributed by atoms with E-state index in [1.165, 1.54) is 32.2 Å². The first-order chi connectivity index (χ1) is 6.18. The topological polar surface area (TPSA) is 29.3 Å². The van der Waals surface area contributed by atoms with Crippen LogP contribution in [-0.4, -0.2) is 30.6 Å². The van der Waals surface area contributed by atoms with Gasteiger partial charge in [-0.25, -0.2) is 0 Å². The molecule has 2 heteroatoms. The van der Waals surface area contributed by atoms with Gasteiger partial charge in [-0.3, -0.25) is 4.90 Å². The molecule has 0 aromatic carbocycles. The molecule has 2 saturated carbocycles. The van der Waals surface area contributed by atoms with Gasteiger partial charge in [-0.05, 0) is 44.6 Å². The van der Waals surface area contributed by atoms with Crippen LogP contribution in [0.4, 0.5) is 0 Å². The van der Waals surface area contributed by atoms with Gasteiger partial charge in [-0.2, -0.15) is 0 Å². The average molecular weight is 182 g/mol. The van der Waals surface area contributed by atoms with Crippen molar-refractivity contribution in [2.75, 3.05) is 20.1 Å². The largest absolute Gasteiger partial charge is 0.329 e. The van der Waals surface area contributed by atoms with Gasteiger partial charge in [0.05, 0.1) is 0 Å². The van der Waals surface area contributed by atoms with Crippen molar-refractivity contribution < 1.29 is 0 Å². The zero-order chi connectivity index (χ0) is 9.47. The van der Waals surface area contributed by atoms with Gasteiger partial charge in [0, 0.05) is 18.6 Å². The van der Waals surface area contributed by atoms with Crippen molar-refractivity contribution in [3.05, 3.63) is 0 Å². The molecule has 13 heavy (non-hydrogen) atoms. The smallest absolute Gasteiger partial charge is 0.0328 e. The number of hydrogen-bond acceptors (Lipinski definition) is 2. The highest BCUT2D eigenvalue weighted by atomic mass is 15.2. The Hall–Kier alpha value is -0.0800. The lowest BCUT2D eigenvalue weighted by Gasteiger charge is -2.48. The van der Waals surface area contributed by atoms with Crippen LogP contribution in [0.2, 0.25) is 0 Å². The zero-order valence-electron chi connectivity index (χ0n) is 8.92. The molecule has 2 fully saturated rings. The first-order valence-electron chi connectivity index (χ1n) is 5.59. The molecule has 2 aliphatic rings. The summed E-state index contributed by atoms with van der Waals surface area (Å²) in [5, 5.41) is 0. The molecule has 2 rings (SSSR count). The highest BCUT2D eigenvalue weighted by Crippen LogP contribution is 2.42. The Kier molecular flexibility index (Phi) is 2.37. The van der Waals surface area contributed by atoms with E-state index in [0.29, 0.717) is 5.54 Å². The van der Waals surface area contributed by atoms with E-state index in [1.807, 2.05) is 0 Å². The Bertz CT molecular complexity index is 181.